The summed E-state index contributed by atoms with van der Waals surface area (Å²) >= 11 is 0. The number of anilines is 1. The molecule has 1 heterocycles. The third-order valence-corrected chi connectivity index (χ3v) is 4.55. The van der Waals surface area contributed by atoms with Crippen LogP contribution in [0.25, 0.3) is 0 Å². The molecule has 8 heteroatoms. The summed E-state index contributed by atoms with van der Waals surface area (Å²) in [5.74, 6) is 2.27. The van der Waals surface area contributed by atoms with Gasteiger partial charge in [-0.25, -0.2) is 0 Å². The first-order chi connectivity index (χ1) is 15.8. The Morgan fingerprint density at radius 3 is 2.52 bits per heavy atom. The fourth-order valence-electron chi connectivity index (χ4n) is 2.94. The van der Waals surface area contributed by atoms with E-state index >= 15 is 0 Å². The van der Waals surface area contributed by atoms with Crippen molar-refractivity contribution in [1.82, 2.24) is 10.3 Å². The van der Waals surface area contributed by atoms with Crippen molar-refractivity contribution in [3.63, 3.8) is 0 Å². The van der Waals surface area contributed by atoms with Gasteiger partial charge in [-0.1, -0.05) is 24.3 Å². The van der Waals surface area contributed by atoms with Crippen molar-refractivity contribution in [3.8, 4) is 11.5 Å². The van der Waals surface area contributed by atoms with E-state index in [1.807, 2.05) is 66.7 Å². The van der Waals surface area contributed by atoms with Crippen molar-refractivity contribution in [2.45, 2.75) is 19.6 Å². The van der Waals surface area contributed by atoms with E-state index in [-0.39, 0.29) is 24.0 Å². The van der Waals surface area contributed by atoms with Gasteiger partial charge >= 0.3 is 0 Å². The van der Waals surface area contributed by atoms with Crippen molar-refractivity contribution in [2.75, 3.05) is 32.7 Å². The van der Waals surface area contributed by atoms with Gasteiger partial charge in [0.15, 0.2) is 5.96 Å². The molecule has 3 aromatic rings. The zero-order chi connectivity index (χ0) is 22.4. The number of hydrogen-bond donors (Lipinski definition) is 2. The van der Waals surface area contributed by atoms with Crippen molar-refractivity contribution in [3.05, 3.63) is 84.2 Å². The molecule has 1 aromatic heterocycles. The van der Waals surface area contributed by atoms with Crippen LogP contribution in [0.5, 0.6) is 11.5 Å². The molecule has 0 unspecified atom stereocenters. The molecule has 0 saturated carbocycles. The molecular weight excluding hydrogens is 531 g/mol. The SMILES string of the molecule is CN=C(NCc1cccc(OCc2ccccn2)c1)Nc1cccc(OCCCOC)c1.I. The first-order valence-corrected chi connectivity index (χ1v) is 10.6. The maximum atomic E-state index is 5.86. The Morgan fingerprint density at radius 1 is 0.939 bits per heavy atom. The third-order valence-electron chi connectivity index (χ3n) is 4.55. The Balaban J connectivity index is 0.00000385. The molecule has 0 radical (unpaired) electrons. The van der Waals surface area contributed by atoms with Gasteiger partial charge in [0, 0.05) is 51.7 Å². The van der Waals surface area contributed by atoms with E-state index in [4.69, 9.17) is 14.2 Å². The highest BCUT2D eigenvalue weighted by atomic mass is 127. The molecule has 176 valence electrons. The largest absolute Gasteiger partial charge is 0.493 e. The highest BCUT2D eigenvalue weighted by Crippen LogP contribution is 2.18. The number of ether oxygens (including phenoxy) is 3. The molecule has 0 aliphatic carbocycles. The van der Waals surface area contributed by atoms with Crippen LogP contribution in [0.15, 0.2) is 77.9 Å². The summed E-state index contributed by atoms with van der Waals surface area (Å²) in [5.41, 5.74) is 2.88. The second-order valence-corrected chi connectivity index (χ2v) is 7.03. The quantitative estimate of drug-likeness (QED) is 0.150. The third kappa shape index (κ3) is 9.67. The van der Waals surface area contributed by atoms with Gasteiger partial charge in [-0.2, -0.15) is 0 Å². The lowest BCUT2D eigenvalue weighted by molar-refractivity contribution is 0.172. The summed E-state index contributed by atoms with van der Waals surface area (Å²) in [5, 5.41) is 6.63. The lowest BCUT2D eigenvalue weighted by atomic mass is 10.2. The van der Waals surface area contributed by atoms with E-state index in [2.05, 4.69) is 20.6 Å². The number of pyridine rings is 1. The zero-order valence-corrected chi connectivity index (χ0v) is 21.3. The molecule has 7 nitrogen and oxygen atoms in total. The molecule has 33 heavy (non-hydrogen) atoms. The average Bonchev–Trinajstić information content (AvgIpc) is 2.84. The van der Waals surface area contributed by atoms with Crippen LogP contribution in [0.1, 0.15) is 17.7 Å². The fourth-order valence-corrected chi connectivity index (χ4v) is 2.94. The molecule has 2 N–H and O–H groups in total. The maximum absolute atomic E-state index is 5.86. The van der Waals surface area contributed by atoms with Gasteiger partial charge in [0.25, 0.3) is 0 Å². The molecule has 0 aliphatic heterocycles. The summed E-state index contributed by atoms with van der Waals surface area (Å²) in [6.07, 6.45) is 2.61. The van der Waals surface area contributed by atoms with Gasteiger partial charge in [0.2, 0.25) is 0 Å². The van der Waals surface area contributed by atoms with E-state index < -0.39 is 0 Å². The molecule has 0 saturated heterocycles. The summed E-state index contributed by atoms with van der Waals surface area (Å²) < 4.78 is 16.7. The number of guanidine groups is 1. The van der Waals surface area contributed by atoms with E-state index in [9.17, 15) is 0 Å². The van der Waals surface area contributed by atoms with Crippen LogP contribution in [0, 0.1) is 0 Å². The monoisotopic (exact) mass is 562 g/mol. The Hall–Kier alpha value is -2.85. The lowest BCUT2D eigenvalue weighted by Gasteiger charge is -2.14. The van der Waals surface area contributed by atoms with E-state index in [1.165, 1.54) is 0 Å². The topological polar surface area (TPSA) is 77.0 Å². The summed E-state index contributed by atoms with van der Waals surface area (Å²) in [4.78, 5) is 8.59. The number of nitrogens with zero attached hydrogens (tertiary/aromatic N) is 2. The second kappa shape index (κ2) is 15.1. The van der Waals surface area contributed by atoms with Crippen molar-refractivity contribution >= 4 is 35.6 Å². The summed E-state index contributed by atoms with van der Waals surface area (Å²) in [6, 6.07) is 21.6. The minimum atomic E-state index is 0. The van der Waals surface area contributed by atoms with E-state index in [1.54, 1.807) is 20.4 Å². The van der Waals surface area contributed by atoms with Crippen LogP contribution in [0.2, 0.25) is 0 Å². The van der Waals surface area contributed by atoms with Crippen LogP contribution in [-0.2, 0) is 17.9 Å². The lowest BCUT2D eigenvalue weighted by Crippen LogP contribution is -2.30. The number of aromatic nitrogens is 1. The smallest absolute Gasteiger partial charge is 0.195 e. The molecule has 0 fully saturated rings. The zero-order valence-electron chi connectivity index (χ0n) is 19.0. The molecule has 0 aliphatic rings. The van der Waals surface area contributed by atoms with Crippen molar-refractivity contribution < 1.29 is 14.2 Å². The summed E-state index contributed by atoms with van der Waals surface area (Å²) in [7, 11) is 3.43. The average molecular weight is 562 g/mol. The Labute approximate surface area is 212 Å². The van der Waals surface area contributed by atoms with E-state index in [0.29, 0.717) is 32.3 Å². The van der Waals surface area contributed by atoms with Crippen LogP contribution in [0.4, 0.5) is 5.69 Å². The minimum absolute atomic E-state index is 0. The fraction of sp³-hybridized carbons (Fsp3) is 0.280. The Bertz CT molecular complexity index is 986. The number of aliphatic imine (C=N–C) groups is 1. The highest BCUT2D eigenvalue weighted by Gasteiger charge is 2.04. The maximum Gasteiger partial charge on any atom is 0.195 e. The standard InChI is InChI=1S/C25H30N4O3.HI/c1-26-25(29-21-10-6-12-24(17-21)31-15-7-14-30-2)28-18-20-8-5-11-23(16-20)32-19-22-9-3-4-13-27-22;/h3-6,8-13,16-17H,7,14-15,18-19H2,1-2H3,(H2,26,28,29);1H. The first-order valence-electron chi connectivity index (χ1n) is 10.6. The highest BCUT2D eigenvalue weighted by molar-refractivity contribution is 14.0. The Morgan fingerprint density at radius 2 is 1.76 bits per heavy atom. The number of hydrogen-bond acceptors (Lipinski definition) is 5. The molecule has 0 spiro atoms. The molecule has 2 aromatic carbocycles. The number of benzene rings is 2. The van der Waals surface area contributed by atoms with Gasteiger partial charge in [-0.3, -0.25) is 9.98 Å². The number of methoxy groups -OCH3 is 1. The molecule has 0 bridgehead atoms. The normalized spacial score (nSPS) is 10.8. The number of nitrogens with one attached hydrogen (secondary N) is 2. The van der Waals surface area contributed by atoms with Gasteiger partial charge in [-0.15, -0.1) is 24.0 Å². The van der Waals surface area contributed by atoms with Gasteiger partial charge < -0.3 is 24.8 Å². The van der Waals surface area contributed by atoms with Crippen LogP contribution >= 0.6 is 24.0 Å². The van der Waals surface area contributed by atoms with Crippen LogP contribution < -0.4 is 20.1 Å². The van der Waals surface area contributed by atoms with Crippen LogP contribution in [-0.4, -0.2) is 38.3 Å². The molecular formula is C25H31IN4O3. The van der Waals surface area contributed by atoms with Gasteiger partial charge in [0.1, 0.15) is 18.1 Å². The van der Waals surface area contributed by atoms with Crippen molar-refractivity contribution in [1.29, 1.82) is 0 Å². The predicted octanol–water partition coefficient (Wildman–Crippen LogP) is 4.88. The first kappa shape index (κ1) is 26.4. The van der Waals surface area contributed by atoms with Gasteiger partial charge in [0.05, 0.1) is 12.3 Å². The van der Waals surface area contributed by atoms with Gasteiger partial charge in [-0.05, 0) is 42.0 Å². The van der Waals surface area contributed by atoms with E-state index in [0.717, 1.165) is 34.9 Å². The second-order valence-electron chi connectivity index (χ2n) is 7.03. The number of rotatable bonds is 11. The molecule has 3 rings (SSSR count). The van der Waals surface area contributed by atoms with Crippen molar-refractivity contribution in [2.24, 2.45) is 4.99 Å². The predicted molar refractivity (Wildman–Crippen MR) is 143 cm³/mol. The molecule has 0 atom stereocenters. The minimum Gasteiger partial charge on any atom is -0.493 e. The Kier molecular flexibility index (Phi) is 12.1. The summed E-state index contributed by atoms with van der Waals surface area (Å²) in [6.45, 7) is 2.34. The van der Waals surface area contributed by atoms with Crippen LogP contribution in [0.3, 0.4) is 0 Å². The number of halogens is 1. The molecule has 0 amide bonds.